The number of hydrogen-bond donors (Lipinski definition) is 0. The Kier molecular flexibility index (Phi) is 2.63. The van der Waals surface area contributed by atoms with E-state index in [0.29, 0.717) is 18.5 Å². The molecule has 2 heterocycles. The van der Waals surface area contributed by atoms with E-state index in [0.717, 1.165) is 25.1 Å². The topological polar surface area (TPSA) is 23.6 Å². The summed E-state index contributed by atoms with van der Waals surface area (Å²) in [6, 6.07) is 11.0. The van der Waals surface area contributed by atoms with Crippen LogP contribution in [0.25, 0.3) is 0 Å². The normalized spacial score (nSPS) is 29.5. The van der Waals surface area contributed by atoms with Crippen molar-refractivity contribution in [1.82, 2.24) is 4.90 Å². The summed E-state index contributed by atoms with van der Waals surface area (Å²) in [6.45, 7) is 1.10. The minimum atomic E-state index is 0.285. The van der Waals surface area contributed by atoms with Crippen LogP contribution in [0.3, 0.4) is 0 Å². The van der Waals surface area contributed by atoms with E-state index in [2.05, 4.69) is 11.9 Å². The summed E-state index contributed by atoms with van der Waals surface area (Å²) in [5, 5.41) is 0. The van der Waals surface area contributed by atoms with Crippen molar-refractivity contribution in [2.45, 2.75) is 31.3 Å². The maximum atomic E-state index is 12.2. The van der Waals surface area contributed by atoms with Crippen molar-refractivity contribution in [2.75, 3.05) is 18.5 Å². The highest BCUT2D eigenvalue weighted by Gasteiger charge is 2.42. The van der Waals surface area contributed by atoms with Gasteiger partial charge in [0.15, 0.2) is 0 Å². The Labute approximate surface area is 102 Å². The molecule has 0 bridgehead atoms. The Morgan fingerprint density at radius 3 is 2.65 bits per heavy atom. The molecular formula is C14H18N2O. The van der Waals surface area contributed by atoms with Gasteiger partial charge in [0, 0.05) is 24.7 Å². The van der Waals surface area contributed by atoms with Crippen LogP contribution < -0.4 is 4.90 Å². The Bertz CT molecular complexity index is 417. The van der Waals surface area contributed by atoms with E-state index in [4.69, 9.17) is 0 Å². The largest absolute Gasteiger partial charge is 0.308 e. The minimum absolute atomic E-state index is 0.285. The zero-order valence-electron chi connectivity index (χ0n) is 10.2. The smallest absolute Gasteiger partial charge is 0.227 e. The molecular weight excluding hydrogens is 212 g/mol. The first-order chi connectivity index (χ1) is 8.27. The van der Waals surface area contributed by atoms with E-state index < -0.39 is 0 Å². The average molecular weight is 230 g/mol. The summed E-state index contributed by atoms with van der Waals surface area (Å²) >= 11 is 0. The number of hydrogen-bond acceptors (Lipinski definition) is 2. The number of para-hydroxylation sites is 1. The van der Waals surface area contributed by atoms with E-state index >= 15 is 0 Å². The summed E-state index contributed by atoms with van der Waals surface area (Å²) in [4.78, 5) is 16.6. The molecule has 2 aliphatic rings. The fourth-order valence-corrected chi connectivity index (χ4v) is 3.20. The summed E-state index contributed by atoms with van der Waals surface area (Å²) in [5.41, 5.74) is 1.06. The zero-order chi connectivity index (χ0) is 11.8. The highest BCUT2D eigenvalue weighted by molar-refractivity contribution is 5.95. The van der Waals surface area contributed by atoms with Gasteiger partial charge >= 0.3 is 0 Å². The van der Waals surface area contributed by atoms with Crippen molar-refractivity contribution in [3.05, 3.63) is 30.3 Å². The SMILES string of the molecule is CN1CC[C@H]2[C@@H]1CCC(=O)N2c1ccccc1. The molecule has 1 aromatic carbocycles. The lowest BCUT2D eigenvalue weighted by Gasteiger charge is -2.39. The van der Waals surface area contributed by atoms with Gasteiger partial charge in [0.1, 0.15) is 0 Å². The maximum Gasteiger partial charge on any atom is 0.227 e. The lowest BCUT2D eigenvalue weighted by molar-refractivity contribution is -0.120. The first-order valence-electron chi connectivity index (χ1n) is 6.35. The summed E-state index contributed by atoms with van der Waals surface area (Å²) in [7, 11) is 2.17. The molecule has 3 heteroatoms. The standard InChI is InChI=1S/C14H18N2O/c1-15-10-9-13-12(15)7-8-14(17)16(13)11-5-3-2-4-6-11/h2-6,12-13H,7-10H2,1H3/t12-,13-/m0/s1. The number of amides is 1. The monoisotopic (exact) mass is 230 g/mol. The van der Waals surface area contributed by atoms with Crippen LogP contribution in [0.1, 0.15) is 19.3 Å². The summed E-state index contributed by atoms with van der Waals surface area (Å²) in [6.07, 6.45) is 2.80. The molecule has 2 aliphatic heterocycles. The van der Waals surface area contributed by atoms with Crippen molar-refractivity contribution in [2.24, 2.45) is 0 Å². The van der Waals surface area contributed by atoms with Gasteiger partial charge in [-0.1, -0.05) is 18.2 Å². The molecule has 0 radical (unpaired) electrons. The van der Waals surface area contributed by atoms with Crippen LogP contribution >= 0.6 is 0 Å². The second-order valence-electron chi connectivity index (χ2n) is 5.04. The highest BCUT2D eigenvalue weighted by Crippen LogP contribution is 2.33. The predicted molar refractivity (Wildman–Crippen MR) is 68.0 cm³/mol. The first kappa shape index (κ1) is 10.8. The molecule has 0 aromatic heterocycles. The molecule has 2 atom stereocenters. The van der Waals surface area contributed by atoms with E-state index in [1.807, 2.05) is 35.2 Å². The van der Waals surface area contributed by atoms with Crippen LogP contribution in [0.2, 0.25) is 0 Å². The Morgan fingerprint density at radius 1 is 1.12 bits per heavy atom. The van der Waals surface area contributed by atoms with Crippen molar-refractivity contribution < 1.29 is 4.79 Å². The van der Waals surface area contributed by atoms with Crippen molar-refractivity contribution in [3.8, 4) is 0 Å². The van der Waals surface area contributed by atoms with Crippen LogP contribution in [-0.4, -0.2) is 36.5 Å². The lowest BCUT2D eigenvalue weighted by atomic mass is 9.95. The molecule has 17 heavy (non-hydrogen) atoms. The molecule has 0 unspecified atom stereocenters. The number of fused-ring (bicyclic) bond motifs is 1. The molecule has 0 aliphatic carbocycles. The van der Waals surface area contributed by atoms with Crippen molar-refractivity contribution >= 4 is 11.6 Å². The number of piperidine rings is 1. The Hall–Kier alpha value is -1.35. The highest BCUT2D eigenvalue weighted by atomic mass is 16.2. The predicted octanol–water partition coefficient (Wildman–Crippen LogP) is 1.89. The zero-order valence-corrected chi connectivity index (χ0v) is 10.2. The number of carbonyl (C=O) groups excluding carboxylic acids is 1. The van der Waals surface area contributed by atoms with E-state index in [-0.39, 0.29) is 5.91 Å². The first-order valence-corrected chi connectivity index (χ1v) is 6.35. The van der Waals surface area contributed by atoms with Gasteiger partial charge in [-0.05, 0) is 32.0 Å². The summed E-state index contributed by atoms with van der Waals surface area (Å²) in [5.74, 6) is 0.285. The fraction of sp³-hybridized carbons (Fsp3) is 0.500. The second kappa shape index (κ2) is 4.15. The Balaban J connectivity index is 1.94. The van der Waals surface area contributed by atoms with Gasteiger partial charge in [0.2, 0.25) is 5.91 Å². The van der Waals surface area contributed by atoms with Crippen LogP contribution in [0.5, 0.6) is 0 Å². The van der Waals surface area contributed by atoms with Crippen LogP contribution in [-0.2, 0) is 4.79 Å². The maximum absolute atomic E-state index is 12.2. The molecule has 1 aromatic rings. The number of likely N-dealkylation sites (N-methyl/N-ethyl adjacent to an activating group) is 1. The number of benzene rings is 1. The molecule has 2 fully saturated rings. The molecule has 1 amide bonds. The second-order valence-corrected chi connectivity index (χ2v) is 5.04. The number of nitrogens with zero attached hydrogens (tertiary/aromatic N) is 2. The quantitative estimate of drug-likeness (QED) is 0.735. The van der Waals surface area contributed by atoms with Gasteiger partial charge in [0.05, 0.1) is 6.04 Å². The fourth-order valence-electron chi connectivity index (χ4n) is 3.20. The molecule has 0 N–H and O–H groups in total. The molecule has 0 spiro atoms. The van der Waals surface area contributed by atoms with Gasteiger partial charge in [-0.15, -0.1) is 0 Å². The van der Waals surface area contributed by atoms with Crippen LogP contribution in [0.15, 0.2) is 30.3 Å². The van der Waals surface area contributed by atoms with Gasteiger partial charge in [-0.25, -0.2) is 0 Å². The van der Waals surface area contributed by atoms with Gasteiger partial charge in [0.25, 0.3) is 0 Å². The number of carbonyl (C=O) groups is 1. The molecule has 2 saturated heterocycles. The van der Waals surface area contributed by atoms with Crippen LogP contribution in [0, 0.1) is 0 Å². The van der Waals surface area contributed by atoms with E-state index in [9.17, 15) is 4.79 Å². The van der Waals surface area contributed by atoms with Gasteiger partial charge in [-0.3, -0.25) is 4.79 Å². The van der Waals surface area contributed by atoms with Gasteiger partial charge < -0.3 is 9.80 Å². The van der Waals surface area contributed by atoms with Crippen molar-refractivity contribution in [3.63, 3.8) is 0 Å². The number of likely N-dealkylation sites (tertiary alicyclic amines) is 1. The van der Waals surface area contributed by atoms with Crippen molar-refractivity contribution in [1.29, 1.82) is 0 Å². The Morgan fingerprint density at radius 2 is 1.88 bits per heavy atom. The summed E-state index contributed by atoms with van der Waals surface area (Å²) < 4.78 is 0. The molecule has 0 saturated carbocycles. The molecule has 90 valence electrons. The number of anilines is 1. The molecule has 3 nitrogen and oxygen atoms in total. The lowest BCUT2D eigenvalue weighted by Crippen LogP contribution is -2.51. The molecule has 3 rings (SSSR count). The third-order valence-electron chi connectivity index (χ3n) is 4.08. The third-order valence-corrected chi connectivity index (χ3v) is 4.08. The minimum Gasteiger partial charge on any atom is -0.308 e. The average Bonchev–Trinajstić information content (AvgIpc) is 2.72. The third kappa shape index (κ3) is 1.75. The van der Waals surface area contributed by atoms with Gasteiger partial charge in [-0.2, -0.15) is 0 Å². The van der Waals surface area contributed by atoms with E-state index in [1.165, 1.54) is 0 Å². The van der Waals surface area contributed by atoms with Crippen LogP contribution in [0.4, 0.5) is 5.69 Å². The number of rotatable bonds is 1. The van der Waals surface area contributed by atoms with E-state index in [1.54, 1.807) is 0 Å².